The van der Waals surface area contributed by atoms with Crippen LogP contribution < -0.4 is 10.1 Å². The molecule has 16 heavy (non-hydrogen) atoms. The van der Waals surface area contributed by atoms with Crippen LogP contribution >= 0.6 is 0 Å². The van der Waals surface area contributed by atoms with Gasteiger partial charge < -0.3 is 15.2 Å². The Labute approximate surface area is 97.4 Å². The van der Waals surface area contributed by atoms with Crippen LogP contribution in [0.5, 0.6) is 11.5 Å². The van der Waals surface area contributed by atoms with Gasteiger partial charge in [-0.1, -0.05) is 26.8 Å². The fourth-order valence-corrected chi connectivity index (χ4v) is 1.32. The maximum Gasteiger partial charge on any atom is 0.123 e. The van der Waals surface area contributed by atoms with Crippen molar-refractivity contribution in [1.82, 2.24) is 5.32 Å². The van der Waals surface area contributed by atoms with Gasteiger partial charge in [0.25, 0.3) is 0 Å². The Kier molecular flexibility index (Phi) is 5.12. The summed E-state index contributed by atoms with van der Waals surface area (Å²) in [6.07, 6.45) is 0.970. The van der Waals surface area contributed by atoms with E-state index in [9.17, 15) is 5.11 Å². The van der Waals surface area contributed by atoms with Crippen molar-refractivity contribution in [3.63, 3.8) is 0 Å². The van der Waals surface area contributed by atoms with Gasteiger partial charge in [0.2, 0.25) is 0 Å². The first-order valence-corrected chi connectivity index (χ1v) is 5.81. The highest BCUT2D eigenvalue weighted by Gasteiger charge is 2.03. The number of phenolic OH excluding ortho intramolecular Hbond substituents is 1. The van der Waals surface area contributed by atoms with Crippen molar-refractivity contribution in [2.24, 2.45) is 0 Å². The van der Waals surface area contributed by atoms with Gasteiger partial charge in [-0.05, 0) is 12.5 Å². The second-order valence-corrected chi connectivity index (χ2v) is 4.17. The molecule has 0 aliphatic rings. The SMILES string of the molecule is CCCOc1ccc(CNC(C)C)c(O)c1. The summed E-state index contributed by atoms with van der Waals surface area (Å²) in [5.41, 5.74) is 0.901. The normalized spacial score (nSPS) is 10.8. The maximum absolute atomic E-state index is 9.78. The van der Waals surface area contributed by atoms with Crippen molar-refractivity contribution in [3.8, 4) is 11.5 Å². The third-order valence-corrected chi connectivity index (χ3v) is 2.23. The summed E-state index contributed by atoms with van der Waals surface area (Å²) in [5, 5.41) is 13.0. The third-order valence-electron chi connectivity index (χ3n) is 2.23. The minimum atomic E-state index is 0.293. The quantitative estimate of drug-likeness (QED) is 0.779. The molecule has 0 heterocycles. The van der Waals surface area contributed by atoms with Crippen LogP contribution in [0.4, 0.5) is 0 Å². The van der Waals surface area contributed by atoms with Gasteiger partial charge in [0, 0.05) is 24.2 Å². The van der Waals surface area contributed by atoms with E-state index in [2.05, 4.69) is 26.1 Å². The van der Waals surface area contributed by atoms with Crippen molar-refractivity contribution in [1.29, 1.82) is 0 Å². The Hall–Kier alpha value is -1.22. The van der Waals surface area contributed by atoms with Gasteiger partial charge >= 0.3 is 0 Å². The summed E-state index contributed by atoms with van der Waals surface area (Å²) >= 11 is 0. The minimum absolute atomic E-state index is 0.293. The van der Waals surface area contributed by atoms with E-state index in [4.69, 9.17) is 4.74 Å². The van der Waals surface area contributed by atoms with E-state index in [0.29, 0.717) is 24.9 Å². The zero-order chi connectivity index (χ0) is 12.0. The molecule has 0 aliphatic heterocycles. The molecule has 0 atom stereocenters. The number of benzene rings is 1. The molecule has 0 saturated carbocycles. The smallest absolute Gasteiger partial charge is 0.123 e. The molecular formula is C13H21NO2. The molecule has 1 rings (SSSR count). The highest BCUT2D eigenvalue weighted by atomic mass is 16.5. The summed E-state index contributed by atoms with van der Waals surface area (Å²) in [4.78, 5) is 0. The van der Waals surface area contributed by atoms with Gasteiger partial charge in [-0.3, -0.25) is 0 Å². The van der Waals surface area contributed by atoms with E-state index in [1.54, 1.807) is 6.07 Å². The fourth-order valence-electron chi connectivity index (χ4n) is 1.32. The molecule has 0 unspecified atom stereocenters. The predicted octanol–water partition coefficient (Wildman–Crippen LogP) is 2.68. The summed E-state index contributed by atoms with van der Waals surface area (Å²) in [6, 6.07) is 5.88. The third kappa shape index (κ3) is 4.11. The van der Waals surface area contributed by atoms with Crippen LogP contribution in [0.3, 0.4) is 0 Å². The Morgan fingerprint density at radius 1 is 1.38 bits per heavy atom. The van der Waals surface area contributed by atoms with Crippen LogP contribution in [0.2, 0.25) is 0 Å². The zero-order valence-corrected chi connectivity index (χ0v) is 10.3. The number of nitrogens with one attached hydrogen (secondary N) is 1. The van der Waals surface area contributed by atoms with Crippen LogP contribution in [-0.2, 0) is 6.54 Å². The minimum Gasteiger partial charge on any atom is -0.507 e. The molecule has 1 aromatic rings. The van der Waals surface area contributed by atoms with E-state index < -0.39 is 0 Å². The van der Waals surface area contributed by atoms with Crippen molar-refractivity contribution < 1.29 is 9.84 Å². The molecule has 90 valence electrons. The molecular weight excluding hydrogens is 202 g/mol. The lowest BCUT2D eigenvalue weighted by molar-refractivity contribution is 0.315. The summed E-state index contributed by atoms with van der Waals surface area (Å²) in [6.45, 7) is 7.58. The number of phenols is 1. The number of hydrogen-bond donors (Lipinski definition) is 2. The van der Waals surface area contributed by atoms with E-state index in [1.807, 2.05) is 12.1 Å². The number of aromatic hydroxyl groups is 1. The van der Waals surface area contributed by atoms with Crippen LogP contribution in [0.25, 0.3) is 0 Å². The first-order chi connectivity index (χ1) is 7.63. The molecule has 0 spiro atoms. The van der Waals surface area contributed by atoms with Gasteiger partial charge in [0.15, 0.2) is 0 Å². The van der Waals surface area contributed by atoms with Crippen molar-refractivity contribution in [3.05, 3.63) is 23.8 Å². The molecule has 0 fully saturated rings. The molecule has 0 radical (unpaired) electrons. The molecule has 3 nitrogen and oxygen atoms in total. The number of ether oxygens (including phenoxy) is 1. The highest BCUT2D eigenvalue weighted by Crippen LogP contribution is 2.23. The summed E-state index contributed by atoms with van der Waals surface area (Å²) in [7, 11) is 0. The fraction of sp³-hybridized carbons (Fsp3) is 0.538. The van der Waals surface area contributed by atoms with Crippen molar-refractivity contribution in [2.45, 2.75) is 39.8 Å². The van der Waals surface area contributed by atoms with Gasteiger partial charge in [0.1, 0.15) is 11.5 Å². The zero-order valence-electron chi connectivity index (χ0n) is 10.3. The largest absolute Gasteiger partial charge is 0.507 e. The predicted molar refractivity (Wildman–Crippen MR) is 65.9 cm³/mol. The van der Waals surface area contributed by atoms with Gasteiger partial charge in [-0.15, -0.1) is 0 Å². The molecule has 0 aromatic heterocycles. The molecule has 0 bridgehead atoms. The van der Waals surface area contributed by atoms with E-state index in [-0.39, 0.29) is 0 Å². The lowest BCUT2D eigenvalue weighted by Crippen LogP contribution is -2.21. The average Bonchev–Trinajstić information content (AvgIpc) is 2.24. The molecule has 1 aromatic carbocycles. The molecule has 0 aliphatic carbocycles. The highest BCUT2D eigenvalue weighted by molar-refractivity contribution is 5.39. The monoisotopic (exact) mass is 223 g/mol. The Morgan fingerprint density at radius 3 is 2.69 bits per heavy atom. The summed E-state index contributed by atoms with van der Waals surface area (Å²) < 4.78 is 5.44. The van der Waals surface area contributed by atoms with Crippen LogP contribution in [0.15, 0.2) is 18.2 Å². The Balaban J connectivity index is 2.60. The van der Waals surface area contributed by atoms with Crippen LogP contribution in [-0.4, -0.2) is 17.8 Å². The number of hydrogen-bond acceptors (Lipinski definition) is 3. The maximum atomic E-state index is 9.78. The molecule has 3 heteroatoms. The first kappa shape index (κ1) is 12.8. The average molecular weight is 223 g/mol. The van der Waals surface area contributed by atoms with Crippen LogP contribution in [0, 0.1) is 0 Å². The van der Waals surface area contributed by atoms with Crippen LogP contribution in [0.1, 0.15) is 32.8 Å². The van der Waals surface area contributed by atoms with Crippen molar-refractivity contribution in [2.75, 3.05) is 6.61 Å². The second kappa shape index (κ2) is 6.38. The number of rotatable bonds is 6. The molecule has 2 N–H and O–H groups in total. The topological polar surface area (TPSA) is 41.5 Å². The first-order valence-electron chi connectivity index (χ1n) is 5.81. The molecule has 0 amide bonds. The lowest BCUT2D eigenvalue weighted by Gasteiger charge is -2.11. The van der Waals surface area contributed by atoms with E-state index in [1.165, 1.54) is 0 Å². The Morgan fingerprint density at radius 2 is 2.12 bits per heavy atom. The van der Waals surface area contributed by atoms with E-state index in [0.717, 1.165) is 17.7 Å². The van der Waals surface area contributed by atoms with Gasteiger partial charge in [-0.25, -0.2) is 0 Å². The van der Waals surface area contributed by atoms with Gasteiger partial charge in [-0.2, -0.15) is 0 Å². The summed E-state index contributed by atoms with van der Waals surface area (Å²) in [5.74, 6) is 1.02. The Bertz CT molecular complexity index is 324. The standard InChI is InChI=1S/C13H21NO2/c1-4-7-16-12-6-5-11(13(15)8-12)9-14-10(2)3/h5-6,8,10,14-15H,4,7,9H2,1-3H3. The van der Waals surface area contributed by atoms with E-state index >= 15 is 0 Å². The second-order valence-electron chi connectivity index (χ2n) is 4.17. The molecule has 0 saturated heterocycles. The van der Waals surface area contributed by atoms with Gasteiger partial charge in [0.05, 0.1) is 6.61 Å². The lowest BCUT2D eigenvalue weighted by atomic mass is 10.2. The van der Waals surface area contributed by atoms with Crippen molar-refractivity contribution >= 4 is 0 Å².